The fourth-order valence-corrected chi connectivity index (χ4v) is 5.16. The Morgan fingerprint density at radius 1 is 0.971 bits per heavy atom. The third kappa shape index (κ3) is 4.36. The lowest BCUT2D eigenvalue weighted by Crippen LogP contribution is -2.49. The number of nitrogens with zero attached hydrogens (tertiary/aromatic N) is 3. The molecule has 7 heteroatoms. The molecule has 35 heavy (non-hydrogen) atoms. The van der Waals surface area contributed by atoms with Gasteiger partial charge < -0.3 is 13.7 Å². The van der Waals surface area contributed by atoms with E-state index < -0.39 is 5.63 Å². The highest BCUT2D eigenvalue weighted by molar-refractivity contribution is 6.07. The molecule has 182 valence electrons. The van der Waals surface area contributed by atoms with Crippen molar-refractivity contribution in [1.29, 1.82) is 0 Å². The van der Waals surface area contributed by atoms with Crippen LogP contribution in [0.5, 0.6) is 0 Å². The van der Waals surface area contributed by atoms with Crippen molar-refractivity contribution in [1.82, 2.24) is 14.8 Å². The summed E-state index contributed by atoms with van der Waals surface area (Å²) in [5, 5.41) is 1.83. The molecular weight excluding hydrogens is 442 g/mol. The van der Waals surface area contributed by atoms with Gasteiger partial charge in [0.2, 0.25) is 5.91 Å². The number of furan rings is 1. The van der Waals surface area contributed by atoms with Gasteiger partial charge in [0.1, 0.15) is 16.9 Å². The van der Waals surface area contributed by atoms with Crippen molar-refractivity contribution in [3.05, 3.63) is 74.6 Å². The second-order valence-electron chi connectivity index (χ2n) is 9.55. The summed E-state index contributed by atoms with van der Waals surface area (Å²) in [6, 6.07) is 5.97. The Bertz CT molecular complexity index is 1460. The van der Waals surface area contributed by atoms with Crippen LogP contribution in [0.4, 0.5) is 0 Å². The van der Waals surface area contributed by atoms with Gasteiger partial charge in [-0.3, -0.25) is 14.7 Å². The summed E-state index contributed by atoms with van der Waals surface area (Å²) in [5.74, 6) is 0.810. The minimum Gasteiger partial charge on any atom is -0.460 e. The van der Waals surface area contributed by atoms with E-state index in [2.05, 4.69) is 9.88 Å². The lowest BCUT2D eigenvalue weighted by Gasteiger charge is -2.34. The van der Waals surface area contributed by atoms with Crippen LogP contribution in [0.2, 0.25) is 0 Å². The number of aromatic nitrogens is 1. The van der Waals surface area contributed by atoms with E-state index in [4.69, 9.17) is 8.83 Å². The zero-order valence-electron chi connectivity index (χ0n) is 20.8. The summed E-state index contributed by atoms with van der Waals surface area (Å²) in [6.07, 6.45) is 4.64. The largest absolute Gasteiger partial charge is 0.460 e. The maximum atomic E-state index is 13.2. The number of rotatable bonds is 5. The van der Waals surface area contributed by atoms with Crippen LogP contribution in [0, 0.1) is 27.7 Å². The summed E-state index contributed by atoms with van der Waals surface area (Å²) in [5.41, 5.74) is 5.33. The maximum Gasteiger partial charge on any atom is 0.340 e. The molecule has 4 aromatic rings. The highest BCUT2D eigenvalue weighted by Gasteiger charge is 2.25. The van der Waals surface area contributed by atoms with Crippen LogP contribution >= 0.6 is 0 Å². The Morgan fingerprint density at radius 2 is 1.69 bits per heavy atom. The van der Waals surface area contributed by atoms with E-state index in [0.29, 0.717) is 24.2 Å². The molecule has 0 saturated carbocycles. The van der Waals surface area contributed by atoms with Gasteiger partial charge in [0, 0.05) is 50.5 Å². The van der Waals surface area contributed by atoms with Crippen molar-refractivity contribution >= 4 is 27.8 Å². The lowest BCUT2D eigenvalue weighted by molar-refractivity contribution is -0.132. The topological polar surface area (TPSA) is 79.8 Å². The molecule has 0 spiro atoms. The minimum absolute atomic E-state index is 0.0369. The van der Waals surface area contributed by atoms with Crippen LogP contribution in [-0.4, -0.2) is 53.4 Å². The van der Waals surface area contributed by atoms with Gasteiger partial charge in [-0.25, -0.2) is 4.79 Å². The van der Waals surface area contributed by atoms with Gasteiger partial charge >= 0.3 is 5.63 Å². The molecule has 0 N–H and O–H groups in total. The molecule has 1 amide bonds. The highest BCUT2D eigenvalue weighted by atomic mass is 16.4. The van der Waals surface area contributed by atoms with Gasteiger partial charge in [0.05, 0.1) is 17.4 Å². The SMILES string of the molecule is Cc1oc2c(c(C)cc3oc(=O)c(CC(=O)N4CCN(CCc5ccncc5)CC4)c(C)c32)c1C. The predicted molar refractivity (Wildman–Crippen MR) is 136 cm³/mol. The first kappa shape index (κ1) is 23.3. The summed E-state index contributed by atoms with van der Waals surface area (Å²) in [7, 11) is 0. The van der Waals surface area contributed by atoms with Crippen molar-refractivity contribution in [3.8, 4) is 0 Å². The Hall–Kier alpha value is -3.45. The first-order valence-corrected chi connectivity index (χ1v) is 12.2. The number of piperazine rings is 1. The Labute approximate surface area is 204 Å². The molecule has 1 aliphatic heterocycles. The number of carbonyl (C=O) groups excluding carboxylic acids is 1. The average molecular weight is 474 g/mol. The van der Waals surface area contributed by atoms with E-state index in [1.54, 1.807) is 0 Å². The van der Waals surface area contributed by atoms with E-state index in [1.807, 2.05) is 63.2 Å². The number of aryl methyl sites for hydroxylation is 4. The van der Waals surface area contributed by atoms with Crippen LogP contribution in [-0.2, 0) is 17.6 Å². The normalized spacial score (nSPS) is 14.8. The van der Waals surface area contributed by atoms with Crippen molar-refractivity contribution in [3.63, 3.8) is 0 Å². The molecule has 1 aliphatic rings. The molecule has 0 radical (unpaired) electrons. The van der Waals surface area contributed by atoms with Gasteiger partial charge in [-0.2, -0.15) is 0 Å². The van der Waals surface area contributed by atoms with Crippen LogP contribution in [0.25, 0.3) is 21.9 Å². The number of fused-ring (bicyclic) bond motifs is 3. The Balaban J connectivity index is 1.33. The van der Waals surface area contributed by atoms with Crippen molar-refractivity contribution in [2.45, 2.75) is 40.5 Å². The standard InChI is InChI=1S/C28H31N3O4/c1-17-15-23-26(27-25(17)18(2)20(4)34-27)19(3)22(28(33)35-23)16-24(32)31-13-11-30(12-14-31)10-7-21-5-8-29-9-6-21/h5-6,8-9,15H,7,10-14,16H2,1-4H3. The van der Waals surface area contributed by atoms with Gasteiger partial charge in [0.15, 0.2) is 0 Å². The van der Waals surface area contributed by atoms with E-state index >= 15 is 0 Å². The number of pyridine rings is 1. The third-order valence-electron chi connectivity index (χ3n) is 7.40. The number of carbonyl (C=O) groups is 1. The molecule has 0 aliphatic carbocycles. The zero-order valence-corrected chi connectivity index (χ0v) is 20.8. The number of benzene rings is 1. The second-order valence-corrected chi connectivity index (χ2v) is 9.55. The van der Waals surface area contributed by atoms with Gasteiger partial charge in [0.25, 0.3) is 0 Å². The quantitative estimate of drug-likeness (QED) is 0.406. The molecule has 5 rings (SSSR count). The lowest BCUT2D eigenvalue weighted by atomic mass is 9.98. The highest BCUT2D eigenvalue weighted by Crippen LogP contribution is 2.36. The van der Waals surface area contributed by atoms with E-state index in [9.17, 15) is 9.59 Å². The molecule has 1 aromatic carbocycles. The monoisotopic (exact) mass is 473 g/mol. The van der Waals surface area contributed by atoms with Gasteiger partial charge in [-0.05, 0) is 74.6 Å². The molecule has 3 aromatic heterocycles. The van der Waals surface area contributed by atoms with Crippen molar-refractivity contribution in [2.75, 3.05) is 32.7 Å². The number of hydrogen-bond acceptors (Lipinski definition) is 6. The zero-order chi connectivity index (χ0) is 24.7. The molecule has 0 unspecified atom stereocenters. The summed E-state index contributed by atoms with van der Waals surface area (Å²) in [6.45, 7) is 11.8. The number of hydrogen-bond donors (Lipinski definition) is 0. The average Bonchev–Trinajstić information content (AvgIpc) is 3.15. The fourth-order valence-electron chi connectivity index (χ4n) is 5.16. The molecule has 0 atom stereocenters. The van der Waals surface area contributed by atoms with Crippen LogP contribution < -0.4 is 5.63 Å². The fraction of sp³-hybridized carbons (Fsp3) is 0.393. The molecule has 4 heterocycles. The smallest absolute Gasteiger partial charge is 0.340 e. The van der Waals surface area contributed by atoms with E-state index in [0.717, 1.165) is 64.9 Å². The molecular formula is C28H31N3O4. The Morgan fingerprint density at radius 3 is 2.40 bits per heavy atom. The summed E-state index contributed by atoms with van der Waals surface area (Å²) in [4.78, 5) is 34.3. The first-order chi connectivity index (χ1) is 16.8. The molecule has 0 bridgehead atoms. The second kappa shape index (κ2) is 9.30. The van der Waals surface area contributed by atoms with E-state index in [1.165, 1.54) is 5.56 Å². The predicted octanol–water partition coefficient (Wildman–Crippen LogP) is 4.10. The maximum absolute atomic E-state index is 13.2. The number of amides is 1. The molecule has 7 nitrogen and oxygen atoms in total. The Kier molecular flexibility index (Phi) is 6.19. The molecule has 1 fully saturated rings. The third-order valence-corrected chi connectivity index (χ3v) is 7.40. The van der Waals surface area contributed by atoms with Crippen molar-refractivity contribution < 1.29 is 13.6 Å². The van der Waals surface area contributed by atoms with Crippen LogP contribution in [0.1, 0.15) is 33.6 Å². The van der Waals surface area contributed by atoms with Crippen LogP contribution in [0.3, 0.4) is 0 Å². The molecule has 1 saturated heterocycles. The summed E-state index contributed by atoms with van der Waals surface area (Å²) >= 11 is 0. The van der Waals surface area contributed by atoms with Gasteiger partial charge in [-0.1, -0.05) is 0 Å². The summed E-state index contributed by atoms with van der Waals surface area (Å²) < 4.78 is 11.8. The van der Waals surface area contributed by atoms with Crippen LogP contribution in [0.15, 0.2) is 44.2 Å². The minimum atomic E-state index is -0.446. The first-order valence-electron chi connectivity index (χ1n) is 12.2. The van der Waals surface area contributed by atoms with Gasteiger partial charge in [-0.15, -0.1) is 0 Å². The van der Waals surface area contributed by atoms with E-state index in [-0.39, 0.29) is 12.3 Å². The van der Waals surface area contributed by atoms with Crippen molar-refractivity contribution in [2.24, 2.45) is 0 Å².